The highest BCUT2D eigenvalue weighted by molar-refractivity contribution is 7.55. The third-order valence-electron chi connectivity index (χ3n) is 7.94. The fourth-order valence-electron chi connectivity index (χ4n) is 4.98. The number of nitrogens with zero attached hydrogens (tertiary/aromatic N) is 1. The molecule has 4 rings (SSSR count). The minimum absolute atomic E-state index is 0.0409. The molecule has 1 heterocycles. The molecular weight excluding hydrogens is 721 g/mol. The Hall–Kier alpha value is -6.02. The monoisotopic (exact) mass is 763 g/mol. The number of benzene rings is 3. The summed E-state index contributed by atoms with van der Waals surface area (Å²) >= 11 is 0. The van der Waals surface area contributed by atoms with E-state index in [0.29, 0.717) is 5.06 Å². The maximum atomic E-state index is 14.7. The summed E-state index contributed by atoms with van der Waals surface area (Å²) in [5.41, 5.74) is 0.723. The number of carbonyl (C=O) groups is 7. The minimum Gasteiger partial charge on any atom is -0.415 e. The van der Waals surface area contributed by atoms with E-state index in [1.165, 1.54) is 20.8 Å². The fourth-order valence-corrected chi connectivity index (χ4v) is 6.82. The van der Waals surface area contributed by atoms with E-state index in [9.17, 15) is 38.1 Å². The lowest BCUT2D eigenvalue weighted by Gasteiger charge is -2.29. The summed E-state index contributed by atoms with van der Waals surface area (Å²) in [5, 5.41) is 10.5. The van der Waals surface area contributed by atoms with Gasteiger partial charge in [-0.15, -0.1) is 5.06 Å². The minimum atomic E-state index is -4.24. The van der Waals surface area contributed by atoms with Crippen LogP contribution in [0.2, 0.25) is 0 Å². The number of hydrogen-bond acceptors (Lipinski definition) is 11. The van der Waals surface area contributed by atoms with Crippen LogP contribution >= 0.6 is 7.60 Å². The first kappa shape index (κ1) is 40.7. The van der Waals surface area contributed by atoms with Crippen molar-refractivity contribution in [3.05, 3.63) is 96.6 Å². The summed E-state index contributed by atoms with van der Waals surface area (Å²) in [5.74, 6) is -5.91. The van der Waals surface area contributed by atoms with Gasteiger partial charge in [0.05, 0.1) is 6.42 Å². The normalized spacial score (nSPS) is 14.8. The molecule has 4 N–H and O–H groups in total. The van der Waals surface area contributed by atoms with Gasteiger partial charge in [-0.25, -0.2) is 9.36 Å². The second-order valence-electron chi connectivity index (χ2n) is 12.4. The zero-order chi connectivity index (χ0) is 39.3. The third-order valence-corrected chi connectivity index (χ3v) is 9.95. The maximum absolute atomic E-state index is 14.7. The predicted octanol–water partition coefficient (Wildman–Crippen LogP) is 2.92. The van der Waals surface area contributed by atoms with Gasteiger partial charge in [0.15, 0.2) is 5.78 Å². The Kier molecular flexibility index (Phi) is 14.5. The number of nitrogens with one attached hydrogen (secondary N) is 4. The van der Waals surface area contributed by atoms with Crippen LogP contribution in [0.25, 0.3) is 0 Å². The lowest BCUT2D eigenvalue weighted by Crippen LogP contribution is -2.55. The quantitative estimate of drug-likeness (QED) is 0.109. The van der Waals surface area contributed by atoms with E-state index in [4.69, 9.17) is 13.9 Å². The maximum Gasteiger partial charge on any atom is 0.453 e. The smallest absolute Gasteiger partial charge is 0.415 e. The third kappa shape index (κ3) is 12.0. The van der Waals surface area contributed by atoms with Crippen molar-refractivity contribution in [2.75, 3.05) is 0 Å². The molecule has 1 fully saturated rings. The summed E-state index contributed by atoms with van der Waals surface area (Å²) < 4.78 is 26.7. The van der Waals surface area contributed by atoms with Crippen LogP contribution in [0.4, 0.5) is 0 Å². The van der Waals surface area contributed by atoms with E-state index in [2.05, 4.69) is 21.3 Å². The van der Waals surface area contributed by atoms with Gasteiger partial charge in [0.2, 0.25) is 23.6 Å². The predicted molar refractivity (Wildman–Crippen MR) is 193 cm³/mol. The van der Waals surface area contributed by atoms with Gasteiger partial charge in [0, 0.05) is 25.7 Å². The summed E-state index contributed by atoms with van der Waals surface area (Å²) in [6, 6.07) is 22.3. The Balaban J connectivity index is 1.35. The molecule has 17 heteroatoms. The number of hydrogen-bond donors (Lipinski definition) is 4. The molecule has 1 aliphatic rings. The van der Waals surface area contributed by atoms with Gasteiger partial charge in [0.25, 0.3) is 11.8 Å². The van der Waals surface area contributed by atoms with Crippen LogP contribution in [0.1, 0.15) is 52.0 Å². The van der Waals surface area contributed by atoms with Gasteiger partial charge in [-0.3, -0.25) is 28.8 Å². The second-order valence-corrected chi connectivity index (χ2v) is 14.4. The van der Waals surface area contributed by atoms with Crippen LogP contribution in [-0.2, 0) is 49.4 Å². The molecule has 0 bridgehead atoms. The Morgan fingerprint density at radius 1 is 0.630 bits per heavy atom. The van der Waals surface area contributed by atoms with Gasteiger partial charge < -0.3 is 35.2 Å². The Bertz CT molecular complexity index is 1800. The first-order valence-corrected chi connectivity index (χ1v) is 18.7. The van der Waals surface area contributed by atoms with Crippen molar-refractivity contribution in [1.29, 1.82) is 0 Å². The molecule has 0 radical (unpaired) electrons. The Morgan fingerprint density at radius 3 is 1.54 bits per heavy atom. The molecule has 0 aromatic heterocycles. The van der Waals surface area contributed by atoms with Crippen molar-refractivity contribution >= 4 is 49.0 Å². The highest BCUT2D eigenvalue weighted by Crippen LogP contribution is 2.53. The molecule has 6 amide bonds. The summed E-state index contributed by atoms with van der Waals surface area (Å²) in [6.07, 6.45) is -0.973. The number of imide groups is 1. The van der Waals surface area contributed by atoms with Crippen LogP contribution in [0.15, 0.2) is 91.0 Å². The van der Waals surface area contributed by atoms with Crippen molar-refractivity contribution in [2.45, 2.75) is 76.8 Å². The Labute approximate surface area is 311 Å². The number of rotatable bonds is 18. The SMILES string of the molecule is C[C@H](NC(=O)CCC(=O)ON1C(=O)CCC1=O)C(=O)N[C@@H](C)C(=O)N[C@@H](C)C(=O)NC(Cc1ccccc1)P(=O)(Oc1ccccc1)Oc1ccccc1. The molecule has 3 aromatic rings. The van der Waals surface area contributed by atoms with Crippen LogP contribution in [0.3, 0.4) is 0 Å². The molecule has 0 saturated carbocycles. The number of para-hydroxylation sites is 2. The number of amides is 6. The summed E-state index contributed by atoms with van der Waals surface area (Å²) in [6.45, 7) is 4.14. The highest BCUT2D eigenvalue weighted by atomic mass is 31.2. The molecule has 286 valence electrons. The van der Waals surface area contributed by atoms with Gasteiger partial charge >= 0.3 is 13.6 Å². The number of carbonyl (C=O) groups excluding carboxylic acids is 7. The van der Waals surface area contributed by atoms with E-state index >= 15 is 0 Å². The average molecular weight is 764 g/mol. The molecule has 3 aromatic carbocycles. The fraction of sp³-hybridized carbons (Fsp3) is 0.324. The molecule has 0 aliphatic carbocycles. The lowest BCUT2D eigenvalue weighted by atomic mass is 10.1. The zero-order valence-electron chi connectivity index (χ0n) is 29.9. The van der Waals surface area contributed by atoms with Gasteiger partial charge in [-0.2, -0.15) is 0 Å². The van der Waals surface area contributed by atoms with E-state index < -0.39 is 85.8 Å². The van der Waals surface area contributed by atoms with Crippen LogP contribution in [0.5, 0.6) is 11.5 Å². The number of hydroxylamine groups is 2. The van der Waals surface area contributed by atoms with Crippen molar-refractivity contribution in [2.24, 2.45) is 0 Å². The van der Waals surface area contributed by atoms with Gasteiger partial charge in [0.1, 0.15) is 29.6 Å². The molecule has 16 nitrogen and oxygen atoms in total. The van der Waals surface area contributed by atoms with Crippen molar-refractivity contribution in [3.8, 4) is 11.5 Å². The largest absolute Gasteiger partial charge is 0.453 e. The Morgan fingerprint density at radius 2 is 1.06 bits per heavy atom. The first-order chi connectivity index (χ1) is 25.7. The second kappa shape index (κ2) is 19.2. The van der Waals surface area contributed by atoms with E-state index in [-0.39, 0.29) is 30.8 Å². The van der Waals surface area contributed by atoms with Gasteiger partial charge in [-0.1, -0.05) is 66.7 Å². The van der Waals surface area contributed by atoms with Crippen LogP contribution in [0, 0.1) is 0 Å². The highest BCUT2D eigenvalue weighted by Gasteiger charge is 2.42. The van der Waals surface area contributed by atoms with Crippen LogP contribution < -0.4 is 30.3 Å². The standard InChI is InChI=1S/C37H42N5O11P/c1-24(38-30(43)19-22-34(46)51-42-32(44)20-21-33(42)45)35(47)39-25(2)36(48)40-26(3)37(49)41-31(23-27-13-7-4-8-14-27)54(50,52-28-15-9-5-10-16-28)53-29-17-11-6-12-18-29/h4-18,24-26,31H,19-23H2,1-3H3,(H,38,43)(H,39,47)(H,40,48)(H,41,49)/t24-,25-,26-,31?/m0/s1. The van der Waals surface area contributed by atoms with Crippen molar-refractivity contribution in [1.82, 2.24) is 26.3 Å². The van der Waals surface area contributed by atoms with Crippen molar-refractivity contribution < 1.29 is 52.0 Å². The van der Waals surface area contributed by atoms with Crippen molar-refractivity contribution in [3.63, 3.8) is 0 Å². The summed E-state index contributed by atoms with van der Waals surface area (Å²) in [7, 11) is -4.24. The van der Waals surface area contributed by atoms with Crippen LogP contribution in [-0.4, -0.2) is 70.4 Å². The molecule has 1 aliphatic heterocycles. The summed E-state index contributed by atoms with van der Waals surface area (Å²) in [4.78, 5) is 91.6. The van der Waals surface area contributed by atoms with E-state index in [0.717, 1.165) is 5.56 Å². The molecular formula is C37H42N5O11P. The van der Waals surface area contributed by atoms with E-state index in [1.807, 2.05) is 6.07 Å². The lowest BCUT2D eigenvalue weighted by molar-refractivity contribution is -0.197. The average Bonchev–Trinajstić information content (AvgIpc) is 3.46. The molecule has 1 unspecified atom stereocenters. The molecule has 4 atom stereocenters. The van der Waals surface area contributed by atoms with E-state index in [1.54, 1.807) is 84.9 Å². The topological polar surface area (TPSA) is 216 Å². The molecule has 1 saturated heterocycles. The molecule has 0 spiro atoms. The van der Waals surface area contributed by atoms with Gasteiger partial charge in [-0.05, 0) is 50.6 Å². The molecule has 54 heavy (non-hydrogen) atoms. The zero-order valence-corrected chi connectivity index (χ0v) is 30.8. The first-order valence-electron chi connectivity index (χ1n) is 17.1.